The smallest absolute Gasteiger partial charge is 0.320 e. The molecule has 1 heterocycles. The molecule has 2 amide bonds. The lowest BCUT2D eigenvalue weighted by atomic mass is 9.99. The van der Waals surface area contributed by atoms with Crippen molar-refractivity contribution in [2.45, 2.75) is 51.6 Å². The number of amides is 2. The van der Waals surface area contributed by atoms with E-state index in [1.54, 1.807) is 14.2 Å². The molecular weight excluding hydrogens is 256 g/mol. The van der Waals surface area contributed by atoms with Gasteiger partial charge in [-0.05, 0) is 12.8 Å². The number of hydrogen-bond acceptors (Lipinski definition) is 3. The average Bonchev–Trinajstić information content (AvgIpc) is 2.68. The minimum atomic E-state index is 0.149. The van der Waals surface area contributed by atoms with Crippen LogP contribution in [-0.4, -0.2) is 68.4 Å². The molecule has 118 valence electrons. The van der Waals surface area contributed by atoms with Crippen molar-refractivity contribution in [3.8, 4) is 0 Å². The average molecular weight is 286 g/mol. The third kappa shape index (κ3) is 4.09. The number of carbonyl (C=O) groups is 1. The van der Waals surface area contributed by atoms with E-state index in [0.717, 1.165) is 25.7 Å². The molecule has 0 aromatic rings. The molecule has 1 rings (SSSR count). The van der Waals surface area contributed by atoms with Gasteiger partial charge in [0.2, 0.25) is 0 Å². The molecule has 1 saturated heterocycles. The fourth-order valence-electron chi connectivity index (χ4n) is 3.05. The van der Waals surface area contributed by atoms with E-state index in [-0.39, 0.29) is 6.03 Å². The van der Waals surface area contributed by atoms with Crippen LogP contribution >= 0.6 is 0 Å². The van der Waals surface area contributed by atoms with Crippen LogP contribution in [0.1, 0.15) is 39.5 Å². The lowest BCUT2D eigenvalue weighted by Crippen LogP contribution is -2.39. The summed E-state index contributed by atoms with van der Waals surface area (Å²) in [5.74, 6) is 0. The Kier molecular flexibility index (Phi) is 7.92. The lowest BCUT2D eigenvalue weighted by Gasteiger charge is -2.27. The summed E-state index contributed by atoms with van der Waals surface area (Å²) in [5.41, 5.74) is 0. The van der Waals surface area contributed by atoms with E-state index in [0.29, 0.717) is 38.4 Å². The molecule has 1 fully saturated rings. The van der Waals surface area contributed by atoms with Crippen molar-refractivity contribution in [1.82, 2.24) is 9.80 Å². The molecule has 0 N–H and O–H groups in total. The highest BCUT2D eigenvalue weighted by atomic mass is 16.5. The van der Waals surface area contributed by atoms with Gasteiger partial charge in [0.25, 0.3) is 0 Å². The predicted molar refractivity (Wildman–Crippen MR) is 80.0 cm³/mol. The molecule has 2 atom stereocenters. The van der Waals surface area contributed by atoms with Crippen molar-refractivity contribution in [3.05, 3.63) is 0 Å². The van der Waals surface area contributed by atoms with Crippen LogP contribution in [-0.2, 0) is 9.47 Å². The maximum atomic E-state index is 12.6. The third-order valence-electron chi connectivity index (χ3n) is 3.98. The van der Waals surface area contributed by atoms with Gasteiger partial charge in [-0.1, -0.05) is 26.7 Å². The zero-order valence-corrected chi connectivity index (χ0v) is 13.4. The van der Waals surface area contributed by atoms with E-state index in [1.807, 2.05) is 9.80 Å². The summed E-state index contributed by atoms with van der Waals surface area (Å²) >= 11 is 0. The van der Waals surface area contributed by atoms with Crippen LogP contribution in [0.3, 0.4) is 0 Å². The zero-order chi connectivity index (χ0) is 15.0. The summed E-state index contributed by atoms with van der Waals surface area (Å²) < 4.78 is 10.3. The highest BCUT2D eigenvalue weighted by Gasteiger charge is 2.43. The monoisotopic (exact) mass is 286 g/mol. The van der Waals surface area contributed by atoms with Crippen molar-refractivity contribution >= 4 is 6.03 Å². The molecule has 0 aromatic carbocycles. The Balaban J connectivity index is 2.83. The second-order valence-electron chi connectivity index (χ2n) is 5.37. The molecule has 5 heteroatoms. The normalized spacial score (nSPS) is 22.9. The molecule has 0 spiro atoms. The molecule has 1 aliphatic heterocycles. The maximum absolute atomic E-state index is 12.6. The van der Waals surface area contributed by atoms with Crippen molar-refractivity contribution in [2.75, 3.05) is 40.5 Å². The Bertz CT molecular complexity index is 260. The standard InChI is InChI=1S/C15H30N2O3/c1-5-7-13-14(8-6-2)17(10-12-20-4)15(18)16(13)9-11-19-3/h13-14H,5-12H2,1-4H3. The fraction of sp³-hybridized carbons (Fsp3) is 0.933. The topological polar surface area (TPSA) is 42.0 Å². The number of rotatable bonds is 10. The van der Waals surface area contributed by atoms with Crippen molar-refractivity contribution in [3.63, 3.8) is 0 Å². The maximum Gasteiger partial charge on any atom is 0.320 e. The molecule has 20 heavy (non-hydrogen) atoms. The molecule has 0 aliphatic carbocycles. The summed E-state index contributed by atoms with van der Waals surface area (Å²) in [6.07, 6.45) is 4.31. The van der Waals surface area contributed by atoms with Crippen molar-refractivity contribution in [2.24, 2.45) is 0 Å². The summed E-state index contributed by atoms with van der Waals surface area (Å²) in [7, 11) is 3.36. The molecule has 0 aromatic heterocycles. The summed E-state index contributed by atoms with van der Waals surface area (Å²) in [4.78, 5) is 16.6. The van der Waals surface area contributed by atoms with Gasteiger partial charge in [0.1, 0.15) is 0 Å². The van der Waals surface area contributed by atoms with Gasteiger partial charge in [0, 0.05) is 27.3 Å². The summed E-state index contributed by atoms with van der Waals surface area (Å²) in [5, 5.41) is 0. The SMILES string of the molecule is CCCC1C(CCC)N(CCOC)C(=O)N1CCOC. The van der Waals surface area contributed by atoms with Crippen LogP contribution in [0.2, 0.25) is 0 Å². The largest absolute Gasteiger partial charge is 0.383 e. The van der Waals surface area contributed by atoms with Gasteiger partial charge >= 0.3 is 6.03 Å². The Morgan fingerprint density at radius 2 is 1.30 bits per heavy atom. The number of urea groups is 1. The van der Waals surface area contributed by atoms with Crippen LogP contribution in [0, 0.1) is 0 Å². The van der Waals surface area contributed by atoms with Gasteiger partial charge in [-0.3, -0.25) is 0 Å². The second kappa shape index (κ2) is 9.19. The highest BCUT2D eigenvalue weighted by Crippen LogP contribution is 2.29. The first-order valence-electron chi connectivity index (χ1n) is 7.76. The van der Waals surface area contributed by atoms with Crippen molar-refractivity contribution in [1.29, 1.82) is 0 Å². The lowest BCUT2D eigenvalue weighted by molar-refractivity contribution is 0.135. The van der Waals surface area contributed by atoms with Gasteiger partial charge in [0.15, 0.2) is 0 Å². The quantitative estimate of drug-likeness (QED) is 0.619. The van der Waals surface area contributed by atoms with Crippen LogP contribution in [0.4, 0.5) is 4.79 Å². The third-order valence-corrected chi connectivity index (χ3v) is 3.98. The van der Waals surface area contributed by atoms with E-state index in [9.17, 15) is 4.79 Å². The van der Waals surface area contributed by atoms with E-state index in [2.05, 4.69) is 13.8 Å². The van der Waals surface area contributed by atoms with Gasteiger partial charge in [-0.15, -0.1) is 0 Å². The Labute approximate surface area is 123 Å². The number of ether oxygens (including phenoxy) is 2. The summed E-state index contributed by atoms with van der Waals surface area (Å²) in [6, 6.07) is 0.787. The Hall–Kier alpha value is -0.810. The molecule has 0 radical (unpaired) electrons. The minimum Gasteiger partial charge on any atom is -0.383 e. The van der Waals surface area contributed by atoms with E-state index < -0.39 is 0 Å². The Morgan fingerprint density at radius 1 is 0.900 bits per heavy atom. The molecule has 0 bridgehead atoms. The Morgan fingerprint density at radius 3 is 1.60 bits per heavy atom. The van der Waals surface area contributed by atoms with Crippen LogP contribution < -0.4 is 0 Å². The number of carbonyl (C=O) groups excluding carboxylic acids is 1. The van der Waals surface area contributed by atoms with Gasteiger partial charge in [-0.2, -0.15) is 0 Å². The summed E-state index contributed by atoms with van der Waals surface area (Å²) in [6.45, 7) is 6.93. The first-order chi connectivity index (χ1) is 9.71. The van der Waals surface area contributed by atoms with E-state index in [1.165, 1.54) is 0 Å². The molecular formula is C15H30N2O3. The molecule has 1 aliphatic rings. The number of hydrogen-bond donors (Lipinski definition) is 0. The molecule has 2 unspecified atom stereocenters. The van der Waals surface area contributed by atoms with Crippen LogP contribution in [0.5, 0.6) is 0 Å². The molecule has 0 saturated carbocycles. The van der Waals surface area contributed by atoms with Gasteiger partial charge in [0.05, 0.1) is 25.3 Å². The zero-order valence-electron chi connectivity index (χ0n) is 13.4. The highest BCUT2D eigenvalue weighted by molar-refractivity contribution is 5.78. The molecule has 5 nitrogen and oxygen atoms in total. The van der Waals surface area contributed by atoms with Gasteiger partial charge in [-0.25, -0.2) is 4.79 Å². The van der Waals surface area contributed by atoms with Gasteiger partial charge < -0.3 is 19.3 Å². The second-order valence-corrected chi connectivity index (χ2v) is 5.37. The predicted octanol–water partition coefficient (Wildman–Crippen LogP) is 2.35. The fourth-order valence-corrected chi connectivity index (χ4v) is 3.05. The van der Waals surface area contributed by atoms with Crippen LogP contribution in [0.15, 0.2) is 0 Å². The minimum absolute atomic E-state index is 0.149. The number of methoxy groups -OCH3 is 2. The first kappa shape index (κ1) is 17.2. The first-order valence-corrected chi connectivity index (χ1v) is 7.76. The van der Waals surface area contributed by atoms with Crippen LogP contribution in [0.25, 0.3) is 0 Å². The van der Waals surface area contributed by atoms with Crippen molar-refractivity contribution < 1.29 is 14.3 Å². The van der Waals surface area contributed by atoms with E-state index in [4.69, 9.17) is 9.47 Å². The number of nitrogens with zero attached hydrogens (tertiary/aromatic N) is 2. The van der Waals surface area contributed by atoms with E-state index >= 15 is 0 Å².